The highest BCUT2D eigenvalue weighted by Crippen LogP contribution is 2.29. The third kappa shape index (κ3) is 6.19. The maximum Gasteiger partial charge on any atom is 0.161 e. The van der Waals surface area contributed by atoms with Gasteiger partial charge >= 0.3 is 0 Å². The summed E-state index contributed by atoms with van der Waals surface area (Å²) in [6, 6.07) is 10.1. The first-order valence-electron chi connectivity index (χ1n) is 7.76. The quantitative estimate of drug-likeness (QED) is 0.687. The molecule has 2 aromatic rings. The molecule has 0 saturated carbocycles. The van der Waals surface area contributed by atoms with E-state index in [0.717, 1.165) is 30.0 Å². The first kappa shape index (κ1) is 20.6. The lowest BCUT2D eigenvalue weighted by Crippen LogP contribution is -2.24. The van der Waals surface area contributed by atoms with Crippen LogP contribution in [0.2, 0.25) is 5.15 Å². The number of rotatable bonds is 8. The fourth-order valence-electron chi connectivity index (χ4n) is 2.03. The zero-order valence-electron chi connectivity index (χ0n) is 14.2. The first-order chi connectivity index (χ1) is 11.1. The van der Waals surface area contributed by atoms with Gasteiger partial charge in [-0.15, -0.1) is 12.4 Å². The molecule has 0 spiro atoms. The molecule has 1 aromatic heterocycles. The Bertz CT molecular complexity index is 621. The van der Waals surface area contributed by atoms with Crippen LogP contribution >= 0.6 is 24.0 Å². The van der Waals surface area contributed by atoms with Crippen LogP contribution in [0.25, 0.3) is 0 Å². The molecule has 0 aliphatic rings. The Balaban J connectivity index is 0.00000288. The molecule has 0 aliphatic carbocycles. The van der Waals surface area contributed by atoms with Gasteiger partial charge < -0.3 is 14.8 Å². The van der Waals surface area contributed by atoms with E-state index in [2.05, 4.69) is 24.1 Å². The molecule has 0 amide bonds. The zero-order valence-corrected chi connectivity index (χ0v) is 15.8. The first-order valence-corrected chi connectivity index (χ1v) is 8.13. The molecule has 132 valence electrons. The molecule has 6 heteroatoms. The molecule has 0 radical (unpaired) electrons. The van der Waals surface area contributed by atoms with Crippen molar-refractivity contribution in [2.24, 2.45) is 0 Å². The second kappa shape index (κ2) is 10.4. The van der Waals surface area contributed by atoms with E-state index in [1.54, 1.807) is 19.4 Å². The molecule has 0 aliphatic heterocycles. The third-order valence-electron chi connectivity index (χ3n) is 3.68. The molecule has 1 atom stereocenters. The predicted octanol–water partition coefficient (Wildman–Crippen LogP) is 4.63. The van der Waals surface area contributed by atoms with Crippen LogP contribution in [-0.2, 0) is 13.2 Å². The van der Waals surface area contributed by atoms with E-state index in [1.165, 1.54) is 5.56 Å². The minimum Gasteiger partial charge on any atom is -0.493 e. The minimum absolute atomic E-state index is 0. The zero-order chi connectivity index (χ0) is 16.7. The van der Waals surface area contributed by atoms with Crippen LogP contribution in [0.1, 0.15) is 31.4 Å². The van der Waals surface area contributed by atoms with Gasteiger partial charge in [-0.05, 0) is 37.1 Å². The molecule has 0 saturated heterocycles. The summed E-state index contributed by atoms with van der Waals surface area (Å²) in [6.45, 7) is 5.58. The van der Waals surface area contributed by atoms with E-state index in [4.69, 9.17) is 21.1 Å². The number of ether oxygens (including phenoxy) is 2. The van der Waals surface area contributed by atoms with Gasteiger partial charge in [0.1, 0.15) is 11.8 Å². The minimum atomic E-state index is 0. The van der Waals surface area contributed by atoms with Gasteiger partial charge in [-0.25, -0.2) is 4.98 Å². The lowest BCUT2D eigenvalue weighted by Gasteiger charge is -2.14. The summed E-state index contributed by atoms with van der Waals surface area (Å²) in [6.07, 6.45) is 2.81. The fourth-order valence-corrected chi connectivity index (χ4v) is 2.14. The van der Waals surface area contributed by atoms with Gasteiger partial charge in [0.05, 0.1) is 7.11 Å². The SMILES string of the molecule is CCC(C)NCc1ccc(OCc2ccc(Cl)nc2)c(OC)c1.Cl. The Hall–Kier alpha value is -1.49. The molecular formula is C18H24Cl2N2O2. The molecular weight excluding hydrogens is 347 g/mol. The van der Waals surface area contributed by atoms with Crippen LogP contribution in [0.15, 0.2) is 36.5 Å². The van der Waals surface area contributed by atoms with Gasteiger partial charge in [-0.2, -0.15) is 0 Å². The number of nitrogens with zero attached hydrogens (tertiary/aromatic N) is 1. The molecule has 2 rings (SSSR count). The number of hydrogen-bond donors (Lipinski definition) is 1. The number of halogens is 2. The van der Waals surface area contributed by atoms with Gasteiger partial charge in [0, 0.05) is 24.3 Å². The van der Waals surface area contributed by atoms with Crippen LogP contribution in [0.4, 0.5) is 0 Å². The summed E-state index contributed by atoms with van der Waals surface area (Å²) in [4.78, 5) is 4.04. The lowest BCUT2D eigenvalue weighted by atomic mass is 10.1. The number of pyridine rings is 1. The maximum atomic E-state index is 5.83. The van der Waals surface area contributed by atoms with E-state index in [1.807, 2.05) is 24.3 Å². The van der Waals surface area contributed by atoms with Crippen LogP contribution in [-0.4, -0.2) is 18.1 Å². The summed E-state index contributed by atoms with van der Waals surface area (Å²) in [5.41, 5.74) is 2.13. The highest BCUT2D eigenvalue weighted by Gasteiger charge is 2.07. The van der Waals surface area contributed by atoms with Gasteiger partial charge in [-0.3, -0.25) is 0 Å². The number of hydrogen-bond acceptors (Lipinski definition) is 4. The van der Waals surface area contributed by atoms with Gasteiger partial charge in [0.15, 0.2) is 11.5 Å². The molecule has 24 heavy (non-hydrogen) atoms. The predicted molar refractivity (Wildman–Crippen MR) is 100 cm³/mol. The molecule has 1 heterocycles. The van der Waals surface area contributed by atoms with Crippen molar-refractivity contribution in [3.05, 3.63) is 52.8 Å². The van der Waals surface area contributed by atoms with Crippen molar-refractivity contribution in [3.8, 4) is 11.5 Å². The summed E-state index contributed by atoms with van der Waals surface area (Å²) in [5, 5.41) is 3.94. The molecule has 4 nitrogen and oxygen atoms in total. The second-order valence-corrected chi connectivity index (χ2v) is 5.84. The van der Waals surface area contributed by atoms with Crippen molar-refractivity contribution in [1.29, 1.82) is 0 Å². The maximum absolute atomic E-state index is 5.83. The molecule has 0 bridgehead atoms. The van der Waals surface area contributed by atoms with Crippen LogP contribution in [0, 0.1) is 0 Å². The largest absolute Gasteiger partial charge is 0.493 e. The Morgan fingerprint density at radius 2 is 1.92 bits per heavy atom. The number of nitrogens with one attached hydrogen (secondary N) is 1. The van der Waals surface area contributed by atoms with Crippen LogP contribution in [0.5, 0.6) is 11.5 Å². The smallest absolute Gasteiger partial charge is 0.161 e. The van der Waals surface area contributed by atoms with Crippen molar-refractivity contribution in [3.63, 3.8) is 0 Å². The van der Waals surface area contributed by atoms with Crippen molar-refractivity contribution in [2.75, 3.05) is 7.11 Å². The van der Waals surface area contributed by atoms with Crippen LogP contribution < -0.4 is 14.8 Å². The van der Waals surface area contributed by atoms with E-state index in [9.17, 15) is 0 Å². The van der Waals surface area contributed by atoms with Crippen molar-refractivity contribution < 1.29 is 9.47 Å². The number of aromatic nitrogens is 1. The van der Waals surface area contributed by atoms with Gasteiger partial charge in [0.25, 0.3) is 0 Å². The molecule has 1 unspecified atom stereocenters. The number of benzene rings is 1. The van der Waals surface area contributed by atoms with E-state index >= 15 is 0 Å². The second-order valence-electron chi connectivity index (χ2n) is 5.45. The average Bonchev–Trinajstić information content (AvgIpc) is 2.59. The summed E-state index contributed by atoms with van der Waals surface area (Å²) in [5.74, 6) is 1.45. The lowest BCUT2D eigenvalue weighted by molar-refractivity contribution is 0.284. The third-order valence-corrected chi connectivity index (χ3v) is 3.90. The van der Waals surface area contributed by atoms with Crippen molar-refractivity contribution in [2.45, 2.75) is 39.5 Å². The Labute approximate surface area is 154 Å². The Kier molecular flexibility index (Phi) is 8.90. The highest BCUT2D eigenvalue weighted by molar-refractivity contribution is 6.29. The summed E-state index contributed by atoms with van der Waals surface area (Å²) >= 11 is 5.78. The number of methoxy groups -OCH3 is 1. The average molecular weight is 371 g/mol. The van der Waals surface area contributed by atoms with Crippen molar-refractivity contribution in [1.82, 2.24) is 10.3 Å². The molecule has 0 fully saturated rings. The monoisotopic (exact) mass is 370 g/mol. The molecule has 1 aromatic carbocycles. The van der Waals surface area contributed by atoms with Crippen LogP contribution in [0.3, 0.4) is 0 Å². The standard InChI is InChI=1S/C18H23ClN2O2.ClH/c1-4-13(2)20-10-14-5-7-16(17(9-14)22-3)23-12-15-6-8-18(19)21-11-15;/h5-9,11,13,20H,4,10,12H2,1-3H3;1H. The van der Waals surface area contributed by atoms with E-state index < -0.39 is 0 Å². The summed E-state index contributed by atoms with van der Waals surface area (Å²) < 4.78 is 11.3. The van der Waals surface area contributed by atoms with E-state index in [-0.39, 0.29) is 12.4 Å². The normalized spacial score (nSPS) is 11.5. The Morgan fingerprint density at radius 3 is 2.54 bits per heavy atom. The topological polar surface area (TPSA) is 43.4 Å². The van der Waals surface area contributed by atoms with E-state index in [0.29, 0.717) is 17.8 Å². The molecule has 1 N–H and O–H groups in total. The highest BCUT2D eigenvalue weighted by atomic mass is 35.5. The van der Waals surface area contributed by atoms with Gasteiger partial charge in [-0.1, -0.05) is 30.7 Å². The summed E-state index contributed by atoms with van der Waals surface area (Å²) in [7, 11) is 1.65. The van der Waals surface area contributed by atoms with Crippen molar-refractivity contribution >= 4 is 24.0 Å². The Morgan fingerprint density at radius 1 is 1.17 bits per heavy atom. The van der Waals surface area contributed by atoms with Gasteiger partial charge in [0.2, 0.25) is 0 Å². The fraction of sp³-hybridized carbons (Fsp3) is 0.389.